The van der Waals surface area contributed by atoms with E-state index in [9.17, 15) is 0 Å². The fourth-order valence-corrected chi connectivity index (χ4v) is 2.54. The Labute approximate surface area is 199 Å². The van der Waals surface area contributed by atoms with Crippen molar-refractivity contribution in [3.05, 3.63) is 133 Å². The maximum absolute atomic E-state index is 4.31. The van der Waals surface area contributed by atoms with Gasteiger partial charge in [0.25, 0.3) is 0 Å². The predicted molar refractivity (Wildman–Crippen MR) is 118 cm³/mol. The van der Waals surface area contributed by atoms with Crippen LogP contribution in [0.3, 0.4) is 0 Å². The zero-order valence-corrected chi connectivity index (χ0v) is 18.5. The molecule has 5 rings (SSSR count). The van der Waals surface area contributed by atoms with E-state index in [1.807, 2.05) is 115 Å². The smallest absolute Gasteiger partial charge is 0.228 e. The number of azo groups is 1. The van der Waals surface area contributed by atoms with Crippen LogP contribution in [0, 0.1) is 0 Å². The molecule has 0 spiro atoms. The van der Waals surface area contributed by atoms with Gasteiger partial charge in [-0.2, -0.15) is 60.7 Å². The van der Waals surface area contributed by atoms with E-state index in [1.165, 1.54) is 5.56 Å². The molecule has 0 atom stereocenters. The van der Waals surface area contributed by atoms with Crippen molar-refractivity contribution in [3.63, 3.8) is 0 Å². The maximum Gasteiger partial charge on any atom is 2.00 e. The topological polar surface area (TPSA) is 24.7 Å². The molecule has 30 heavy (non-hydrogen) atoms. The molecule has 0 aliphatic heterocycles. The molecule has 0 saturated carbocycles. The summed E-state index contributed by atoms with van der Waals surface area (Å²) in [6.07, 6.45) is 0. The Hall–Kier alpha value is -2.74. The summed E-state index contributed by atoms with van der Waals surface area (Å²) in [5, 5.41) is 8.53. The molecule has 4 heteroatoms. The number of nitrogens with zero attached hydrogens (tertiary/aromatic N) is 2. The standard InChI is InChI=1S/C16H12N2.2C5H5.2Fe/c1-2-7-13(8-3-1)15-11-6-12-16(15)18-17-14-9-4-5-10-14;2*1-2-4-5-3-1;;/h1-12H;2*1-5H;;/q-2;2*-1;2*+2. The Balaban J connectivity index is 0.000000310. The minimum Gasteiger partial charge on any atom is -0.228 e. The van der Waals surface area contributed by atoms with Crippen molar-refractivity contribution in [3.8, 4) is 11.1 Å². The molecule has 0 fully saturated rings. The molecule has 5 aromatic rings. The minimum absolute atomic E-state index is 0. The van der Waals surface area contributed by atoms with Gasteiger partial charge in [-0.25, -0.2) is 46.6 Å². The SMILES string of the molecule is [Fe+2].[Fe+2].c1cc[cH-]c1.c1cc[cH-]c1.c1ccc(-c2ccc[c-]2N=N[c-]2cccc2)cc1. The summed E-state index contributed by atoms with van der Waals surface area (Å²) in [5.41, 5.74) is 4.07. The normalized spacial score (nSPS) is 9.33. The van der Waals surface area contributed by atoms with Gasteiger partial charge in [0.1, 0.15) is 0 Å². The monoisotopic (exact) mass is 474 g/mol. The maximum atomic E-state index is 4.31. The summed E-state index contributed by atoms with van der Waals surface area (Å²) < 4.78 is 0. The third-order valence-corrected chi connectivity index (χ3v) is 3.91. The third kappa shape index (κ3) is 8.73. The van der Waals surface area contributed by atoms with Crippen LogP contribution in [0.2, 0.25) is 0 Å². The van der Waals surface area contributed by atoms with Crippen LogP contribution in [0.5, 0.6) is 0 Å². The summed E-state index contributed by atoms with van der Waals surface area (Å²) in [6, 6.07) is 44.1. The van der Waals surface area contributed by atoms with Gasteiger partial charge in [0.05, 0.1) is 0 Å². The average Bonchev–Trinajstić information content (AvgIpc) is 3.56. The molecule has 0 aromatic heterocycles. The van der Waals surface area contributed by atoms with Gasteiger partial charge >= 0.3 is 34.1 Å². The van der Waals surface area contributed by atoms with Gasteiger partial charge in [-0.1, -0.05) is 35.9 Å². The summed E-state index contributed by atoms with van der Waals surface area (Å²) in [5.74, 6) is 0. The van der Waals surface area contributed by atoms with Gasteiger partial charge in [-0.05, 0) is 11.4 Å². The zero-order valence-electron chi connectivity index (χ0n) is 16.3. The van der Waals surface area contributed by atoms with Gasteiger partial charge in [0, 0.05) is 0 Å². The van der Waals surface area contributed by atoms with Crippen molar-refractivity contribution < 1.29 is 34.1 Å². The van der Waals surface area contributed by atoms with Gasteiger partial charge in [-0.3, -0.25) is 0 Å². The van der Waals surface area contributed by atoms with Crippen LogP contribution in [0.4, 0.5) is 11.4 Å². The van der Waals surface area contributed by atoms with Crippen molar-refractivity contribution in [2.24, 2.45) is 10.2 Å². The molecule has 5 aromatic carbocycles. The fraction of sp³-hybridized carbons (Fsp3) is 0. The third-order valence-electron chi connectivity index (χ3n) is 3.91. The number of rotatable bonds is 3. The molecular weight excluding hydrogens is 452 g/mol. The van der Waals surface area contributed by atoms with E-state index in [0.717, 1.165) is 16.9 Å². The molecule has 0 amide bonds. The molecule has 2 nitrogen and oxygen atoms in total. The second-order valence-electron chi connectivity index (χ2n) is 5.96. The van der Waals surface area contributed by atoms with Gasteiger partial charge in [0.15, 0.2) is 0 Å². The summed E-state index contributed by atoms with van der Waals surface area (Å²) in [4.78, 5) is 0. The molecule has 0 aliphatic carbocycles. The second-order valence-corrected chi connectivity index (χ2v) is 5.96. The van der Waals surface area contributed by atoms with Gasteiger partial charge in [-0.15, -0.1) is 11.6 Å². The Morgan fingerprint density at radius 2 is 1.10 bits per heavy atom. The first-order valence-corrected chi connectivity index (χ1v) is 9.21. The number of hydrogen-bond donors (Lipinski definition) is 0. The number of benzene rings is 1. The van der Waals surface area contributed by atoms with Crippen LogP contribution >= 0.6 is 0 Å². The van der Waals surface area contributed by atoms with Crippen LogP contribution in [0.25, 0.3) is 11.1 Å². The molecule has 0 N–H and O–H groups in total. The van der Waals surface area contributed by atoms with Crippen LogP contribution in [-0.4, -0.2) is 0 Å². The molecule has 152 valence electrons. The van der Waals surface area contributed by atoms with Crippen molar-refractivity contribution in [1.29, 1.82) is 0 Å². The molecule has 0 heterocycles. The Morgan fingerprint density at radius 1 is 0.533 bits per heavy atom. The first-order valence-electron chi connectivity index (χ1n) is 9.21. The van der Waals surface area contributed by atoms with Crippen LogP contribution in [0.1, 0.15) is 0 Å². The predicted octanol–water partition coefficient (Wildman–Crippen LogP) is 8.01. The van der Waals surface area contributed by atoms with E-state index in [2.05, 4.69) is 28.4 Å². The molecular formula is C26H22Fe2N2. The largest absolute Gasteiger partial charge is 2.00 e. The minimum atomic E-state index is 0. The molecule has 0 radical (unpaired) electrons. The molecule has 0 saturated heterocycles. The Morgan fingerprint density at radius 3 is 1.60 bits per heavy atom. The molecule has 0 aliphatic rings. The first kappa shape index (κ1) is 25.3. The Bertz CT molecular complexity index is 934. The number of hydrogen-bond acceptors (Lipinski definition) is 2. The first-order chi connectivity index (χ1) is 13.9. The second kappa shape index (κ2) is 15.1. The van der Waals surface area contributed by atoms with Gasteiger partial charge < -0.3 is 0 Å². The summed E-state index contributed by atoms with van der Waals surface area (Å²) in [6.45, 7) is 0. The van der Waals surface area contributed by atoms with E-state index in [-0.39, 0.29) is 34.1 Å². The van der Waals surface area contributed by atoms with E-state index >= 15 is 0 Å². The molecule has 0 bridgehead atoms. The van der Waals surface area contributed by atoms with E-state index in [0.29, 0.717) is 0 Å². The van der Waals surface area contributed by atoms with E-state index < -0.39 is 0 Å². The summed E-state index contributed by atoms with van der Waals surface area (Å²) in [7, 11) is 0. The van der Waals surface area contributed by atoms with E-state index in [4.69, 9.17) is 0 Å². The zero-order chi connectivity index (χ0) is 19.3. The van der Waals surface area contributed by atoms with Crippen molar-refractivity contribution in [1.82, 2.24) is 0 Å². The van der Waals surface area contributed by atoms with Gasteiger partial charge in [0.2, 0.25) is 0 Å². The fourth-order valence-electron chi connectivity index (χ4n) is 2.54. The van der Waals surface area contributed by atoms with Crippen molar-refractivity contribution in [2.75, 3.05) is 0 Å². The Kier molecular flexibility index (Phi) is 12.8. The van der Waals surface area contributed by atoms with Crippen LogP contribution in [-0.2, 0) is 34.1 Å². The quantitative estimate of drug-likeness (QED) is 0.144. The summed E-state index contributed by atoms with van der Waals surface area (Å²) >= 11 is 0. The van der Waals surface area contributed by atoms with Crippen molar-refractivity contribution >= 4 is 11.4 Å². The van der Waals surface area contributed by atoms with Crippen LogP contribution < -0.4 is 0 Å². The molecule has 0 unspecified atom stereocenters. The van der Waals surface area contributed by atoms with Crippen molar-refractivity contribution in [2.45, 2.75) is 0 Å². The van der Waals surface area contributed by atoms with E-state index in [1.54, 1.807) is 0 Å². The average molecular weight is 474 g/mol. The van der Waals surface area contributed by atoms with Crippen LogP contribution in [0.15, 0.2) is 144 Å².